The molecule has 0 N–H and O–H groups in total. The maximum atomic E-state index is 11.8. The highest BCUT2D eigenvalue weighted by Crippen LogP contribution is 2.14. The summed E-state index contributed by atoms with van der Waals surface area (Å²) < 4.78 is 22.9. The second-order valence-corrected chi connectivity index (χ2v) is 6.39. The monoisotopic (exact) mass is 293 g/mol. The average molecular weight is 293 g/mol. The van der Waals surface area contributed by atoms with Gasteiger partial charge in [0, 0.05) is 23.2 Å². The van der Waals surface area contributed by atoms with E-state index in [1.165, 1.54) is 0 Å². The van der Waals surface area contributed by atoms with Crippen LogP contribution in [0.15, 0.2) is 24.3 Å². The van der Waals surface area contributed by atoms with Crippen molar-refractivity contribution in [1.82, 2.24) is 0 Å². The van der Waals surface area contributed by atoms with Gasteiger partial charge in [0.1, 0.15) is 5.75 Å². The summed E-state index contributed by atoms with van der Waals surface area (Å²) in [5.41, 5.74) is 0.974. The summed E-state index contributed by atoms with van der Waals surface area (Å²) in [7, 11) is -0.884. The summed E-state index contributed by atoms with van der Waals surface area (Å²) in [5, 5.41) is 8.58. The van der Waals surface area contributed by atoms with Crippen LogP contribution in [-0.2, 0) is 22.0 Å². The first-order valence-corrected chi connectivity index (χ1v) is 8.32. The Bertz CT molecular complexity index is 475. The summed E-state index contributed by atoms with van der Waals surface area (Å²) in [6.07, 6.45) is 2.67. The summed E-state index contributed by atoms with van der Waals surface area (Å²) in [6.45, 7) is 1.24. The molecule has 1 fully saturated rings. The molecule has 0 bridgehead atoms. The standard InChI is InChI=1S/C15H19NO3S/c16-8-7-13-3-5-14(6-4-13)19-10-11-20(17)12-15-2-1-9-18-15/h3-6,15H,1-2,7,9-12H2. The van der Waals surface area contributed by atoms with E-state index in [1.807, 2.05) is 24.3 Å². The van der Waals surface area contributed by atoms with Crippen LogP contribution in [0.3, 0.4) is 0 Å². The van der Waals surface area contributed by atoms with Crippen molar-refractivity contribution in [3.05, 3.63) is 29.8 Å². The molecule has 0 radical (unpaired) electrons. The van der Waals surface area contributed by atoms with Gasteiger partial charge in [-0.1, -0.05) is 12.1 Å². The van der Waals surface area contributed by atoms with Crippen molar-refractivity contribution in [3.63, 3.8) is 0 Å². The number of nitriles is 1. The number of rotatable bonds is 7. The van der Waals surface area contributed by atoms with Crippen LogP contribution in [0.25, 0.3) is 0 Å². The van der Waals surface area contributed by atoms with E-state index in [0.29, 0.717) is 24.5 Å². The molecule has 0 aromatic heterocycles. The van der Waals surface area contributed by atoms with E-state index in [4.69, 9.17) is 14.7 Å². The topological polar surface area (TPSA) is 59.3 Å². The molecule has 2 rings (SSSR count). The van der Waals surface area contributed by atoms with Crippen molar-refractivity contribution >= 4 is 10.8 Å². The third kappa shape index (κ3) is 4.95. The molecule has 0 saturated carbocycles. The minimum absolute atomic E-state index is 0.168. The van der Waals surface area contributed by atoms with Crippen molar-refractivity contribution in [2.45, 2.75) is 25.4 Å². The van der Waals surface area contributed by atoms with Crippen molar-refractivity contribution in [1.29, 1.82) is 5.26 Å². The van der Waals surface area contributed by atoms with E-state index >= 15 is 0 Å². The predicted molar refractivity (Wildman–Crippen MR) is 78.1 cm³/mol. The maximum Gasteiger partial charge on any atom is 0.119 e. The lowest BCUT2D eigenvalue weighted by Crippen LogP contribution is -2.20. The summed E-state index contributed by atoms with van der Waals surface area (Å²) in [6, 6.07) is 9.54. The molecule has 4 nitrogen and oxygen atoms in total. The van der Waals surface area contributed by atoms with Crippen LogP contribution in [0.4, 0.5) is 0 Å². The van der Waals surface area contributed by atoms with Gasteiger partial charge >= 0.3 is 0 Å². The van der Waals surface area contributed by atoms with Crippen molar-refractivity contribution in [2.24, 2.45) is 0 Å². The number of nitrogens with zero attached hydrogens (tertiary/aromatic N) is 1. The van der Waals surface area contributed by atoms with E-state index in [9.17, 15) is 4.21 Å². The first kappa shape index (κ1) is 15.0. The Morgan fingerprint density at radius 3 is 2.85 bits per heavy atom. The fraction of sp³-hybridized carbons (Fsp3) is 0.533. The van der Waals surface area contributed by atoms with Crippen LogP contribution in [-0.4, -0.2) is 35.0 Å². The molecule has 108 valence electrons. The molecule has 1 saturated heterocycles. The molecule has 0 aliphatic carbocycles. The van der Waals surface area contributed by atoms with Gasteiger partial charge < -0.3 is 9.47 Å². The normalized spacial score (nSPS) is 19.4. The van der Waals surface area contributed by atoms with Gasteiger partial charge in [0.25, 0.3) is 0 Å². The molecular formula is C15H19NO3S. The number of hydrogen-bond donors (Lipinski definition) is 0. The number of ether oxygens (including phenoxy) is 2. The van der Waals surface area contributed by atoms with E-state index in [2.05, 4.69) is 6.07 Å². The second-order valence-electron chi connectivity index (χ2n) is 4.77. The van der Waals surface area contributed by atoms with E-state index in [1.54, 1.807) is 0 Å². The summed E-state index contributed by atoms with van der Waals surface area (Å²) in [5.74, 6) is 1.89. The fourth-order valence-corrected chi connectivity index (χ4v) is 3.23. The van der Waals surface area contributed by atoms with Crippen LogP contribution in [0.1, 0.15) is 18.4 Å². The molecule has 1 heterocycles. The second kappa shape index (κ2) is 8.03. The highest BCUT2D eigenvalue weighted by atomic mass is 32.2. The Kier molecular flexibility index (Phi) is 6.03. The van der Waals surface area contributed by atoms with E-state index in [0.717, 1.165) is 30.8 Å². The lowest BCUT2D eigenvalue weighted by molar-refractivity contribution is 0.128. The van der Waals surface area contributed by atoms with Gasteiger partial charge in [-0.2, -0.15) is 5.26 Å². The molecule has 0 spiro atoms. The Labute approximate surface area is 122 Å². The van der Waals surface area contributed by atoms with Crippen LogP contribution in [0, 0.1) is 11.3 Å². The van der Waals surface area contributed by atoms with Gasteiger partial charge in [0.15, 0.2) is 0 Å². The van der Waals surface area contributed by atoms with Gasteiger partial charge in [-0.15, -0.1) is 0 Å². The quantitative estimate of drug-likeness (QED) is 0.772. The fourth-order valence-electron chi connectivity index (χ4n) is 2.11. The molecule has 1 aliphatic rings. The van der Waals surface area contributed by atoms with Crippen LogP contribution >= 0.6 is 0 Å². The Hall–Kier alpha value is -1.38. The largest absolute Gasteiger partial charge is 0.493 e. The van der Waals surface area contributed by atoms with Gasteiger partial charge in [-0.05, 0) is 30.5 Å². The molecule has 2 unspecified atom stereocenters. The van der Waals surface area contributed by atoms with Crippen molar-refractivity contribution in [2.75, 3.05) is 24.7 Å². The Morgan fingerprint density at radius 1 is 1.40 bits per heavy atom. The van der Waals surface area contributed by atoms with Crippen LogP contribution in [0.5, 0.6) is 5.75 Å². The molecular weight excluding hydrogens is 274 g/mol. The van der Waals surface area contributed by atoms with Gasteiger partial charge in [0.05, 0.1) is 31.0 Å². The van der Waals surface area contributed by atoms with Gasteiger partial charge in [-0.25, -0.2) is 0 Å². The Morgan fingerprint density at radius 2 is 2.20 bits per heavy atom. The Balaban J connectivity index is 1.67. The minimum Gasteiger partial charge on any atom is -0.493 e. The molecule has 1 aromatic rings. The molecule has 2 atom stereocenters. The van der Waals surface area contributed by atoms with Gasteiger partial charge in [-0.3, -0.25) is 4.21 Å². The van der Waals surface area contributed by atoms with Crippen molar-refractivity contribution in [3.8, 4) is 11.8 Å². The van der Waals surface area contributed by atoms with Crippen LogP contribution in [0.2, 0.25) is 0 Å². The number of benzene rings is 1. The van der Waals surface area contributed by atoms with E-state index < -0.39 is 10.8 Å². The maximum absolute atomic E-state index is 11.8. The zero-order valence-electron chi connectivity index (χ0n) is 11.4. The third-order valence-electron chi connectivity index (χ3n) is 3.18. The first-order valence-electron chi connectivity index (χ1n) is 6.83. The minimum atomic E-state index is -0.884. The van der Waals surface area contributed by atoms with E-state index in [-0.39, 0.29) is 6.10 Å². The molecule has 20 heavy (non-hydrogen) atoms. The van der Waals surface area contributed by atoms with Crippen molar-refractivity contribution < 1.29 is 13.7 Å². The summed E-state index contributed by atoms with van der Waals surface area (Å²) >= 11 is 0. The highest BCUT2D eigenvalue weighted by Gasteiger charge is 2.18. The van der Waals surface area contributed by atoms with Crippen LogP contribution < -0.4 is 4.74 Å². The third-order valence-corrected chi connectivity index (χ3v) is 4.55. The predicted octanol–water partition coefficient (Wildman–Crippen LogP) is 2.06. The zero-order valence-corrected chi connectivity index (χ0v) is 12.2. The van der Waals surface area contributed by atoms with Gasteiger partial charge in [0.2, 0.25) is 0 Å². The molecule has 0 amide bonds. The highest BCUT2D eigenvalue weighted by molar-refractivity contribution is 7.85. The number of hydrogen-bond acceptors (Lipinski definition) is 4. The SMILES string of the molecule is N#CCc1ccc(OCCS(=O)CC2CCCO2)cc1. The first-order chi connectivity index (χ1) is 9.78. The lowest BCUT2D eigenvalue weighted by Gasteiger charge is -2.10. The smallest absolute Gasteiger partial charge is 0.119 e. The molecule has 1 aliphatic heterocycles. The summed E-state index contributed by atoms with van der Waals surface area (Å²) in [4.78, 5) is 0. The lowest BCUT2D eigenvalue weighted by atomic mass is 10.2. The zero-order chi connectivity index (χ0) is 14.2. The average Bonchev–Trinajstić information content (AvgIpc) is 2.94. The molecule has 5 heteroatoms. The molecule has 1 aromatic carbocycles.